The SMILES string of the molecule is COC(=O)c1sccc1NC(C(=O)O[C@H]1C[N+]2(CC(=O)c3ccccn3)CCC1CC2)c1ccccc1. The Balaban J connectivity index is 1.33. The van der Waals surface area contributed by atoms with Gasteiger partial charge in [0.25, 0.3) is 0 Å². The molecule has 1 unspecified atom stereocenters. The van der Waals surface area contributed by atoms with Crippen molar-refractivity contribution in [2.24, 2.45) is 5.92 Å². The van der Waals surface area contributed by atoms with Crippen LogP contribution in [-0.2, 0) is 14.3 Å². The summed E-state index contributed by atoms with van der Waals surface area (Å²) in [7, 11) is 1.33. The fraction of sp³-hybridized carbons (Fsp3) is 0.357. The summed E-state index contributed by atoms with van der Waals surface area (Å²) < 4.78 is 11.7. The van der Waals surface area contributed by atoms with Crippen LogP contribution < -0.4 is 5.32 Å². The minimum atomic E-state index is -0.793. The first-order valence-corrected chi connectivity index (χ1v) is 13.3. The molecule has 37 heavy (non-hydrogen) atoms. The van der Waals surface area contributed by atoms with E-state index in [9.17, 15) is 14.4 Å². The number of ketones is 1. The van der Waals surface area contributed by atoms with E-state index in [2.05, 4.69) is 10.3 Å². The number of esters is 2. The molecule has 8 nitrogen and oxygen atoms in total. The van der Waals surface area contributed by atoms with Gasteiger partial charge in [-0.3, -0.25) is 9.78 Å². The van der Waals surface area contributed by atoms with Crippen LogP contribution >= 0.6 is 11.3 Å². The van der Waals surface area contributed by atoms with Gasteiger partial charge >= 0.3 is 11.9 Å². The number of methoxy groups -OCH3 is 1. The van der Waals surface area contributed by atoms with Crippen LogP contribution in [0.4, 0.5) is 5.69 Å². The van der Waals surface area contributed by atoms with E-state index in [1.165, 1.54) is 18.4 Å². The number of nitrogens with one attached hydrogen (secondary N) is 1. The van der Waals surface area contributed by atoms with E-state index in [4.69, 9.17) is 9.47 Å². The summed E-state index contributed by atoms with van der Waals surface area (Å²) in [6, 6.07) is 15.7. The van der Waals surface area contributed by atoms with Crippen molar-refractivity contribution in [1.82, 2.24) is 4.98 Å². The Morgan fingerprint density at radius 1 is 1.08 bits per heavy atom. The number of rotatable bonds is 9. The van der Waals surface area contributed by atoms with Gasteiger partial charge in [-0.25, -0.2) is 9.59 Å². The van der Waals surface area contributed by atoms with Crippen LogP contribution in [0.3, 0.4) is 0 Å². The molecule has 3 saturated heterocycles. The van der Waals surface area contributed by atoms with Crippen molar-refractivity contribution in [3.05, 3.63) is 82.3 Å². The Morgan fingerprint density at radius 2 is 1.84 bits per heavy atom. The van der Waals surface area contributed by atoms with Crippen LogP contribution in [0.2, 0.25) is 0 Å². The molecule has 1 aromatic carbocycles. The summed E-state index contributed by atoms with van der Waals surface area (Å²) in [6.07, 6.45) is 3.18. The minimum absolute atomic E-state index is 0.0163. The lowest BCUT2D eigenvalue weighted by molar-refractivity contribution is -0.938. The standard InChI is InChI=1S/C28H29N3O5S/c1-35-28(34)26-22(12-16-37-26)30-25(20-7-3-2-4-8-20)27(33)36-24-18-31(14-10-19(24)11-15-31)17-23(32)21-9-5-6-13-29-21/h2-9,12-13,16,19,24-25H,10-11,14-15,17-18H2,1H3/p+1/t19?,24-,25?,31?/m0/s1. The fourth-order valence-corrected chi connectivity index (χ4v) is 6.23. The molecular formula is C28H30N3O5S+. The summed E-state index contributed by atoms with van der Waals surface area (Å²) in [5, 5.41) is 5.00. The zero-order valence-corrected chi connectivity index (χ0v) is 21.5. The van der Waals surface area contributed by atoms with E-state index < -0.39 is 18.0 Å². The van der Waals surface area contributed by atoms with Gasteiger partial charge in [0.2, 0.25) is 5.78 Å². The van der Waals surface area contributed by atoms with Gasteiger partial charge in [0.05, 0.1) is 25.9 Å². The van der Waals surface area contributed by atoms with Crippen LogP contribution in [0.25, 0.3) is 0 Å². The predicted molar refractivity (Wildman–Crippen MR) is 139 cm³/mol. The first-order valence-electron chi connectivity index (χ1n) is 12.5. The van der Waals surface area contributed by atoms with Crippen molar-refractivity contribution < 1.29 is 28.3 Å². The van der Waals surface area contributed by atoms with Gasteiger partial charge in [-0.1, -0.05) is 36.4 Å². The number of aromatic nitrogens is 1. The fourth-order valence-electron chi connectivity index (χ4n) is 5.46. The first kappa shape index (κ1) is 25.1. The molecule has 2 atom stereocenters. The Morgan fingerprint density at radius 3 is 2.54 bits per heavy atom. The quantitative estimate of drug-likeness (QED) is 0.258. The van der Waals surface area contributed by atoms with Crippen molar-refractivity contribution in [2.45, 2.75) is 25.0 Å². The second kappa shape index (κ2) is 10.8. The lowest BCUT2D eigenvalue weighted by atomic mass is 9.83. The number of thiophene rings is 1. The molecule has 2 bridgehead atoms. The number of Topliss-reactive ketones (excluding diaryl/α,β-unsaturated/α-hetero) is 1. The van der Waals surface area contributed by atoms with Gasteiger partial charge in [-0.2, -0.15) is 0 Å². The average molecular weight is 521 g/mol. The largest absolute Gasteiger partial charge is 0.465 e. The van der Waals surface area contributed by atoms with E-state index in [-0.39, 0.29) is 17.8 Å². The molecule has 192 valence electrons. The number of carbonyl (C=O) groups excluding carboxylic acids is 3. The molecule has 0 aliphatic carbocycles. The van der Waals surface area contributed by atoms with Gasteiger partial charge in [-0.05, 0) is 29.1 Å². The molecule has 3 aromatic rings. The smallest absolute Gasteiger partial charge is 0.350 e. The number of quaternary nitrogens is 1. The molecule has 1 N–H and O–H groups in total. The molecule has 0 amide bonds. The molecular weight excluding hydrogens is 490 g/mol. The second-order valence-corrected chi connectivity index (χ2v) is 10.6. The maximum atomic E-state index is 13.6. The summed E-state index contributed by atoms with van der Waals surface area (Å²) in [4.78, 5) is 43.4. The number of ether oxygens (including phenoxy) is 2. The number of pyridine rings is 1. The van der Waals surface area contributed by atoms with Crippen molar-refractivity contribution in [3.63, 3.8) is 0 Å². The lowest BCUT2D eigenvalue weighted by Crippen LogP contribution is -2.65. The summed E-state index contributed by atoms with van der Waals surface area (Å²) in [5.74, 6) is -0.569. The zero-order chi connectivity index (χ0) is 25.8. The monoisotopic (exact) mass is 520 g/mol. The molecule has 3 fully saturated rings. The molecule has 6 rings (SSSR count). The highest BCUT2D eigenvalue weighted by molar-refractivity contribution is 7.12. The van der Waals surface area contributed by atoms with Crippen molar-refractivity contribution in [1.29, 1.82) is 0 Å². The van der Waals surface area contributed by atoms with Crippen molar-refractivity contribution in [2.75, 3.05) is 38.6 Å². The van der Waals surface area contributed by atoms with E-state index in [0.717, 1.165) is 31.5 Å². The van der Waals surface area contributed by atoms with E-state index >= 15 is 0 Å². The third-order valence-corrected chi connectivity index (χ3v) is 8.34. The maximum absolute atomic E-state index is 13.6. The Kier molecular flexibility index (Phi) is 7.34. The third-order valence-electron chi connectivity index (χ3n) is 7.44. The molecule has 3 aliphatic rings. The Labute approximate surface area is 219 Å². The highest BCUT2D eigenvalue weighted by Gasteiger charge is 2.49. The Hall–Kier alpha value is -3.56. The summed E-state index contributed by atoms with van der Waals surface area (Å²) in [6.45, 7) is 2.77. The highest BCUT2D eigenvalue weighted by atomic mass is 32.1. The number of anilines is 1. The minimum Gasteiger partial charge on any atom is -0.465 e. The van der Waals surface area contributed by atoms with E-state index in [1.807, 2.05) is 36.4 Å². The summed E-state index contributed by atoms with van der Waals surface area (Å²) in [5.41, 5.74) is 1.74. The maximum Gasteiger partial charge on any atom is 0.350 e. The van der Waals surface area contributed by atoms with Gasteiger partial charge in [0.1, 0.15) is 23.7 Å². The number of benzene rings is 1. The highest BCUT2D eigenvalue weighted by Crippen LogP contribution is 2.37. The molecule has 0 spiro atoms. The topological polar surface area (TPSA) is 94.6 Å². The number of hydrogen-bond acceptors (Lipinski definition) is 8. The van der Waals surface area contributed by atoms with Crippen LogP contribution in [0, 0.1) is 5.92 Å². The van der Waals surface area contributed by atoms with Gasteiger partial charge in [0, 0.05) is 25.0 Å². The molecule has 0 saturated carbocycles. The molecule has 3 aliphatic heterocycles. The predicted octanol–water partition coefficient (Wildman–Crippen LogP) is 4.12. The van der Waals surface area contributed by atoms with Crippen LogP contribution in [0.15, 0.2) is 66.2 Å². The van der Waals surface area contributed by atoms with Crippen LogP contribution in [0.1, 0.15) is 44.6 Å². The molecule has 9 heteroatoms. The number of nitrogens with zero attached hydrogens (tertiary/aromatic N) is 2. The Bertz CT molecular complexity index is 1260. The second-order valence-electron chi connectivity index (χ2n) is 9.72. The van der Waals surface area contributed by atoms with Gasteiger partial charge < -0.3 is 19.3 Å². The average Bonchev–Trinajstić information content (AvgIpc) is 3.41. The van der Waals surface area contributed by atoms with Crippen LogP contribution in [0.5, 0.6) is 0 Å². The lowest BCUT2D eigenvalue weighted by Gasteiger charge is -2.51. The third kappa shape index (κ3) is 5.42. The number of piperidine rings is 3. The molecule has 2 aromatic heterocycles. The number of fused-ring (bicyclic) bond motifs is 3. The van der Waals surface area contributed by atoms with Gasteiger partial charge in [-0.15, -0.1) is 11.3 Å². The summed E-state index contributed by atoms with van der Waals surface area (Å²) >= 11 is 1.25. The van der Waals surface area contributed by atoms with Crippen LogP contribution in [-0.4, -0.2) is 66.6 Å². The molecule has 0 radical (unpaired) electrons. The van der Waals surface area contributed by atoms with Gasteiger partial charge in [0.15, 0.2) is 12.1 Å². The normalized spacial score (nSPS) is 23.2. The zero-order valence-electron chi connectivity index (χ0n) is 20.7. The molecule has 5 heterocycles. The number of hydrogen-bond donors (Lipinski definition) is 1. The van der Waals surface area contributed by atoms with Crippen molar-refractivity contribution >= 4 is 34.7 Å². The number of carbonyl (C=O) groups is 3. The van der Waals surface area contributed by atoms with E-state index in [0.29, 0.717) is 33.8 Å². The van der Waals surface area contributed by atoms with E-state index in [1.54, 1.807) is 29.8 Å². The first-order chi connectivity index (χ1) is 18.0. The van der Waals surface area contributed by atoms with Crippen molar-refractivity contribution in [3.8, 4) is 0 Å².